The van der Waals surface area contributed by atoms with Crippen LogP contribution in [0.5, 0.6) is 5.75 Å². The van der Waals surface area contributed by atoms with Crippen LogP contribution in [-0.2, 0) is 11.2 Å². The van der Waals surface area contributed by atoms with E-state index in [1.807, 2.05) is 0 Å². The number of likely N-dealkylation sites (tertiary alicyclic amines) is 1. The molecule has 1 N–H and O–H groups in total. The second-order valence-electron chi connectivity index (χ2n) is 9.50. The second-order valence-corrected chi connectivity index (χ2v) is 9.50. The molecule has 0 bridgehead atoms. The molecule has 1 aromatic carbocycles. The van der Waals surface area contributed by atoms with E-state index in [-0.39, 0.29) is 11.5 Å². The molecular formula is C24H35N3O2. The molecule has 3 aliphatic rings. The SMILES string of the molecule is CC(C)C(C)/C(=N\NC=O)c1ccc2c(c1)CCC1(CCN(C3CCC3)CC1)O2. The Morgan fingerprint density at radius 1 is 1.24 bits per heavy atom. The highest BCUT2D eigenvalue weighted by Gasteiger charge is 2.41. The zero-order chi connectivity index (χ0) is 20.4. The molecule has 5 nitrogen and oxygen atoms in total. The van der Waals surface area contributed by atoms with Crippen LogP contribution < -0.4 is 10.2 Å². The summed E-state index contributed by atoms with van der Waals surface area (Å²) in [5.74, 6) is 1.74. The van der Waals surface area contributed by atoms with E-state index in [1.165, 1.54) is 37.9 Å². The summed E-state index contributed by atoms with van der Waals surface area (Å²) in [5, 5.41) is 4.36. The number of hydrazone groups is 1. The first-order valence-corrected chi connectivity index (χ1v) is 11.3. The third-order valence-electron chi connectivity index (χ3n) is 7.50. The number of aryl methyl sites for hydroxylation is 1. The van der Waals surface area contributed by atoms with E-state index in [1.54, 1.807) is 0 Å². The minimum absolute atomic E-state index is 0.0238. The molecule has 1 aromatic rings. The predicted octanol–water partition coefficient (Wildman–Crippen LogP) is 4.14. The Bertz CT molecular complexity index is 761. The van der Waals surface area contributed by atoms with Gasteiger partial charge in [0.2, 0.25) is 6.41 Å². The maximum atomic E-state index is 10.8. The molecule has 0 aromatic heterocycles. The number of rotatable bonds is 6. The van der Waals surface area contributed by atoms with Gasteiger partial charge in [0, 0.05) is 25.0 Å². The Kier molecular flexibility index (Phi) is 5.95. The van der Waals surface area contributed by atoms with Crippen LogP contribution in [0, 0.1) is 11.8 Å². The van der Waals surface area contributed by atoms with Gasteiger partial charge in [0.05, 0.1) is 5.71 Å². The van der Waals surface area contributed by atoms with Crippen LogP contribution in [0.25, 0.3) is 0 Å². The van der Waals surface area contributed by atoms with Gasteiger partial charge in [0.25, 0.3) is 0 Å². The van der Waals surface area contributed by atoms with Crippen LogP contribution in [0.3, 0.4) is 0 Å². The standard InChI is InChI=1S/C24H35N3O2/c1-17(2)18(3)23(26-25-16-28)20-7-8-22-19(15-20)9-10-24(29-22)11-13-27(14-12-24)21-5-4-6-21/h7-8,15-18,21H,4-6,9-14H2,1-3H3,(H,25,28)/b26-23+. The third-order valence-corrected chi connectivity index (χ3v) is 7.50. The molecular weight excluding hydrogens is 362 g/mol. The Hall–Kier alpha value is -1.88. The number of benzene rings is 1. The molecule has 4 rings (SSSR count). The van der Waals surface area contributed by atoms with Gasteiger partial charge in [0.15, 0.2) is 0 Å². The van der Waals surface area contributed by atoms with E-state index in [9.17, 15) is 4.79 Å². The van der Waals surface area contributed by atoms with E-state index in [4.69, 9.17) is 4.74 Å². The first-order valence-electron chi connectivity index (χ1n) is 11.3. The van der Waals surface area contributed by atoms with Gasteiger partial charge >= 0.3 is 0 Å². The first kappa shape index (κ1) is 20.4. The van der Waals surface area contributed by atoms with Gasteiger partial charge in [-0.05, 0) is 73.8 Å². The number of carbonyl (C=O) groups is 1. The van der Waals surface area contributed by atoms with Gasteiger partial charge in [-0.1, -0.05) is 27.2 Å². The molecule has 5 heteroatoms. The summed E-state index contributed by atoms with van der Waals surface area (Å²) in [7, 11) is 0. The lowest BCUT2D eigenvalue weighted by Crippen LogP contribution is -2.53. The van der Waals surface area contributed by atoms with Crippen molar-refractivity contribution in [3.8, 4) is 5.75 Å². The van der Waals surface area contributed by atoms with Crippen molar-refractivity contribution in [2.24, 2.45) is 16.9 Å². The molecule has 1 spiro atoms. The Labute approximate surface area is 174 Å². The lowest BCUT2D eigenvalue weighted by molar-refractivity contribution is -0.109. The maximum Gasteiger partial charge on any atom is 0.227 e. The Morgan fingerprint density at radius 3 is 2.62 bits per heavy atom. The fourth-order valence-corrected chi connectivity index (χ4v) is 4.92. The average Bonchev–Trinajstić information content (AvgIpc) is 2.68. The lowest BCUT2D eigenvalue weighted by atomic mass is 9.80. The van der Waals surface area contributed by atoms with Gasteiger partial charge in [-0.25, -0.2) is 5.43 Å². The highest BCUT2D eigenvalue weighted by molar-refractivity contribution is 6.02. The molecule has 1 amide bonds. The zero-order valence-electron chi connectivity index (χ0n) is 18.1. The van der Waals surface area contributed by atoms with Gasteiger partial charge in [-0.2, -0.15) is 5.10 Å². The molecule has 1 saturated heterocycles. The maximum absolute atomic E-state index is 10.8. The summed E-state index contributed by atoms with van der Waals surface area (Å²) in [5.41, 5.74) is 5.81. The number of piperidine rings is 1. The van der Waals surface area contributed by atoms with Crippen LogP contribution in [0.2, 0.25) is 0 Å². The van der Waals surface area contributed by atoms with Crippen molar-refractivity contribution >= 4 is 12.1 Å². The molecule has 1 aliphatic carbocycles. The summed E-state index contributed by atoms with van der Waals surface area (Å²) in [4.78, 5) is 13.5. The summed E-state index contributed by atoms with van der Waals surface area (Å²) in [6.07, 6.45) is 9.25. The zero-order valence-corrected chi connectivity index (χ0v) is 18.1. The quantitative estimate of drug-likeness (QED) is 0.446. The topological polar surface area (TPSA) is 53.9 Å². The third kappa shape index (κ3) is 4.20. The molecule has 0 radical (unpaired) electrons. The minimum Gasteiger partial charge on any atom is -0.487 e. The van der Waals surface area contributed by atoms with E-state index < -0.39 is 0 Å². The van der Waals surface area contributed by atoms with Crippen molar-refractivity contribution in [3.63, 3.8) is 0 Å². The number of hydrogen-bond acceptors (Lipinski definition) is 4. The van der Waals surface area contributed by atoms with Crippen molar-refractivity contribution in [1.82, 2.24) is 10.3 Å². The van der Waals surface area contributed by atoms with Crippen LogP contribution >= 0.6 is 0 Å². The molecule has 158 valence electrons. The molecule has 1 unspecified atom stereocenters. The highest BCUT2D eigenvalue weighted by atomic mass is 16.5. The fourth-order valence-electron chi connectivity index (χ4n) is 4.92. The van der Waals surface area contributed by atoms with E-state index in [0.29, 0.717) is 12.3 Å². The van der Waals surface area contributed by atoms with Crippen molar-refractivity contribution < 1.29 is 9.53 Å². The molecule has 1 atom stereocenters. The smallest absolute Gasteiger partial charge is 0.227 e. The van der Waals surface area contributed by atoms with E-state index >= 15 is 0 Å². The van der Waals surface area contributed by atoms with Crippen molar-refractivity contribution in [2.45, 2.75) is 77.4 Å². The minimum atomic E-state index is 0.0238. The summed E-state index contributed by atoms with van der Waals surface area (Å²) < 4.78 is 6.63. The lowest BCUT2D eigenvalue weighted by Gasteiger charge is -2.48. The van der Waals surface area contributed by atoms with Crippen LogP contribution in [0.1, 0.15) is 70.4 Å². The second kappa shape index (κ2) is 8.47. The summed E-state index contributed by atoms with van der Waals surface area (Å²) in [6, 6.07) is 7.28. The number of ether oxygens (including phenoxy) is 1. The number of hydrogen-bond donors (Lipinski definition) is 1. The highest BCUT2D eigenvalue weighted by Crippen LogP contribution is 2.41. The molecule has 2 aliphatic heterocycles. The molecule has 1 saturated carbocycles. The molecule has 2 fully saturated rings. The van der Waals surface area contributed by atoms with Crippen molar-refractivity contribution in [3.05, 3.63) is 29.3 Å². The predicted molar refractivity (Wildman–Crippen MR) is 116 cm³/mol. The van der Waals surface area contributed by atoms with E-state index in [0.717, 1.165) is 48.7 Å². The largest absolute Gasteiger partial charge is 0.487 e. The van der Waals surface area contributed by atoms with Crippen LogP contribution in [0.4, 0.5) is 0 Å². The molecule has 2 heterocycles. The molecule has 29 heavy (non-hydrogen) atoms. The monoisotopic (exact) mass is 397 g/mol. The Morgan fingerprint density at radius 2 is 2.00 bits per heavy atom. The van der Waals surface area contributed by atoms with Crippen molar-refractivity contribution in [2.75, 3.05) is 13.1 Å². The van der Waals surface area contributed by atoms with Crippen molar-refractivity contribution in [1.29, 1.82) is 0 Å². The number of amides is 1. The Balaban J connectivity index is 1.48. The number of nitrogens with one attached hydrogen (secondary N) is 1. The normalized spacial score (nSPS) is 23.2. The van der Waals surface area contributed by atoms with Gasteiger partial charge < -0.3 is 9.64 Å². The van der Waals surface area contributed by atoms with Crippen LogP contribution in [-0.4, -0.2) is 41.8 Å². The van der Waals surface area contributed by atoms with Gasteiger partial charge in [-0.15, -0.1) is 0 Å². The number of nitrogens with zero attached hydrogens (tertiary/aromatic N) is 2. The number of carbonyl (C=O) groups excluding carboxylic acids is 1. The number of fused-ring (bicyclic) bond motifs is 1. The fraction of sp³-hybridized carbons (Fsp3) is 0.667. The van der Waals surface area contributed by atoms with Crippen LogP contribution in [0.15, 0.2) is 23.3 Å². The van der Waals surface area contributed by atoms with Gasteiger partial charge in [0.1, 0.15) is 11.4 Å². The average molecular weight is 398 g/mol. The van der Waals surface area contributed by atoms with Gasteiger partial charge in [-0.3, -0.25) is 4.79 Å². The summed E-state index contributed by atoms with van der Waals surface area (Å²) >= 11 is 0. The van der Waals surface area contributed by atoms with E-state index in [2.05, 4.69) is 54.4 Å². The summed E-state index contributed by atoms with van der Waals surface area (Å²) in [6.45, 7) is 8.89. The first-order chi connectivity index (χ1) is 14.0.